The molecule has 0 amide bonds. The van der Waals surface area contributed by atoms with Gasteiger partial charge in [0, 0.05) is 0 Å². The minimum Gasteiger partial charge on any atom is -0.493 e. The van der Waals surface area contributed by atoms with E-state index in [1.807, 2.05) is 0 Å². The molecule has 0 aromatic heterocycles. The molecule has 5 nitrogen and oxygen atoms in total. The number of rotatable bonds is 7. The average Bonchev–Trinajstić information content (AvgIpc) is 2.77. The summed E-state index contributed by atoms with van der Waals surface area (Å²) in [7, 11) is -2.46. The Hall–Kier alpha value is -3.63. The Labute approximate surface area is 174 Å². The van der Waals surface area contributed by atoms with Crippen molar-refractivity contribution in [2.75, 3.05) is 7.11 Å². The largest absolute Gasteiger partial charge is 0.493 e. The van der Waals surface area contributed by atoms with E-state index in [1.54, 1.807) is 54.6 Å². The van der Waals surface area contributed by atoms with Crippen molar-refractivity contribution in [1.82, 2.24) is 0 Å². The first kappa shape index (κ1) is 21.1. The molecule has 152 valence electrons. The second-order valence-corrected chi connectivity index (χ2v) is 8.18. The number of methoxy groups -OCH3 is 1. The number of benzene rings is 3. The van der Waals surface area contributed by atoms with E-state index in [1.165, 1.54) is 37.5 Å². The predicted molar refractivity (Wildman–Crippen MR) is 111 cm³/mol. The van der Waals surface area contributed by atoms with Crippen molar-refractivity contribution >= 4 is 15.9 Å². The monoisotopic (exact) mass is 423 g/mol. The van der Waals surface area contributed by atoms with Crippen molar-refractivity contribution in [1.29, 1.82) is 5.26 Å². The van der Waals surface area contributed by atoms with Crippen LogP contribution < -0.4 is 9.47 Å². The van der Waals surface area contributed by atoms with Gasteiger partial charge in [0.15, 0.2) is 11.5 Å². The SMILES string of the molecule is COc1ccc(/C=C(\C#N)S(=O)(=O)c2ccccc2)cc1OCc1ccc(F)cc1. The van der Waals surface area contributed by atoms with Gasteiger partial charge in [-0.3, -0.25) is 0 Å². The molecule has 3 rings (SSSR count). The lowest BCUT2D eigenvalue weighted by Gasteiger charge is -2.12. The van der Waals surface area contributed by atoms with Crippen LogP contribution in [0.15, 0.2) is 82.6 Å². The van der Waals surface area contributed by atoms with E-state index in [-0.39, 0.29) is 22.2 Å². The van der Waals surface area contributed by atoms with Crippen LogP contribution in [-0.4, -0.2) is 15.5 Å². The number of ether oxygens (including phenoxy) is 2. The molecule has 0 saturated heterocycles. The van der Waals surface area contributed by atoms with Crippen LogP contribution in [0.1, 0.15) is 11.1 Å². The Morgan fingerprint density at radius 3 is 2.37 bits per heavy atom. The zero-order valence-electron chi connectivity index (χ0n) is 16.1. The summed E-state index contributed by atoms with van der Waals surface area (Å²) >= 11 is 0. The van der Waals surface area contributed by atoms with E-state index in [4.69, 9.17) is 9.47 Å². The fourth-order valence-corrected chi connectivity index (χ4v) is 3.87. The molecule has 0 fully saturated rings. The topological polar surface area (TPSA) is 76.4 Å². The zero-order chi connectivity index (χ0) is 21.6. The lowest BCUT2D eigenvalue weighted by Crippen LogP contribution is -2.03. The molecule has 30 heavy (non-hydrogen) atoms. The smallest absolute Gasteiger partial charge is 0.216 e. The normalized spacial score (nSPS) is 11.6. The predicted octanol–water partition coefficient (Wildman–Crippen LogP) is 4.75. The number of halogens is 1. The van der Waals surface area contributed by atoms with Crippen LogP contribution in [0.25, 0.3) is 6.08 Å². The molecule has 0 spiro atoms. The van der Waals surface area contributed by atoms with Crippen LogP contribution >= 0.6 is 0 Å². The van der Waals surface area contributed by atoms with Gasteiger partial charge in [-0.25, -0.2) is 12.8 Å². The van der Waals surface area contributed by atoms with Crippen molar-refractivity contribution < 1.29 is 22.3 Å². The van der Waals surface area contributed by atoms with Crippen LogP contribution in [0.2, 0.25) is 0 Å². The summed E-state index contributed by atoms with van der Waals surface area (Å²) in [6.45, 7) is 0.164. The van der Waals surface area contributed by atoms with E-state index >= 15 is 0 Å². The number of hydrogen-bond acceptors (Lipinski definition) is 5. The molecule has 7 heteroatoms. The molecule has 0 unspecified atom stereocenters. The molecular weight excluding hydrogens is 405 g/mol. The maximum Gasteiger partial charge on any atom is 0.216 e. The van der Waals surface area contributed by atoms with Crippen LogP contribution in [-0.2, 0) is 16.4 Å². The van der Waals surface area contributed by atoms with Gasteiger partial charge in [-0.05, 0) is 53.6 Å². The van der Waals surface area contributed by atoms with Crippen molar-refractivity contribution in [2.45, 2.75) is 11.5 Å². The third kappa shape index (κ3) is 4.85. The molecule has 3 aromatic carbocycles. The van der Waals surface area contributed by atoms with Gasteiger partial charge in [0.1, 0.15) is 23.4 Å². The summed E-state index contributed by atoms with van der Waals surface area (Å²) in [6, 6.07) is 20.2. The average molecular weight is 423 g/mol. The lowest BCUT2D eigenvalue weighted by atomic mass is 10.2. The third-order valence-corrected chi connectivity index (χ3v) is 5.93. The van der Waals surface area contributed by atoms with Crippen LogP contribution in [0, 0.1) is 17.1 Å². The second-order valence-electron chi connectivity index (χ2n) is 6.26. The van der Waals surface area contributed by atoms with Crippen LogP contribution in [0.4, 0.5) is 4.39 Å². The zero-order valence-corrected chi connectivity index (χ0v) is 16.9. The van der Waals surface area contributed by atoms with E-state index in [9.17, 15) is 18.1 Å². The van der Waals surface area contributed by atoms with Crippen molar-refractivity contribution in [3.8, 4) is 17.6 Å². The molecule has 0 N–H and O–H groups in total. The maximum atomic E-state index is 13.1. The molecule has 3 aromatic rings. The van der Waals surface area contributed by atoms with Gasteiger partial charge in [-0.1, -0.05) is 36.4 Å². The first-order valence-electron chi connectivity index (χ1n) is 8.91. The van der Waals surface area contributed by atoms with Gasteiger partial charge in [0.2, 0.25) is 9.84 Å². The van der Waals surface area contributed by atoms with Crippen molar-refractivity contribution in [3.63, 3.8) is 0 Å². The van der Waals surface area contributed by atoms with Gasteiger partial charge in [0.05, 0.1) is 12.0 Å². The fraction of sp³-hybridized carbons (Fsp3) is 0.0870. The second kappa shape index (κ2) is 9.25. The molecule has 0 heterocycles. The fourth-order valence-electron chi connectivity index (χ4n) is 2.69. The molecule has 0 aliphatic heterocycles. The van der Waals surface area contributed by atoms with E-state index < -0.39 is 9.84 Å². The molecule has 0 aliphatic rings. The number of allylic oxidation sites excluding steroid dienone is 1. The number of sulfone groups is 1. The first-order chi connectivity index (χ1) is 14.4. The van der Waals surface area contributed by atoms with Gasteiger partial charge in [0.25, 0.3) is 0 Å². The highest BCUT2D eigenvalue weighted by Gasteiger charge is 2.20. The molecular formula is C23H18FNO4S. The van der Waals surface area contributed by atoms with Crippen LogP contribution in [0.3, 0.4) is 0 Å². The highest BCUT2D eigenvalue weighted by molar-refractivity contribution is 7.95. The van der Waals surface area contributed by atoms with Crippen molar-refractivity contribution in [3.05, 3.63) is 94.6 Å². The Bertz CT molecular complexity index is 1200. The van der Waals surface area contributed by atoms with Gasteiger partial charge >= 0.3 is 0 Å². The summed E-state index contributed by atoms with van der Waals surface area (Å²) in [6.07, 6.45) is 1.28. The Kier molecular flexibility index (Phi) is 6.50. The quantitative estimate of drug-likeness (QED) is 0.513. The van der Waals surface area contributed by atoms with E-state index in [0.29, 0.717) is 17.1 Å². The van der Waals surface area contributed by atoms with E-state index in [2.05, 4.69) is 0 Å². The molecule has 0 radical (unpaired) electrons. The Balaban J connectivity index is 1.91. The summed E-state index contributed by atoms with van der Waals surface area (Å²) in [5.41, 5.74) is 1.21. The molecule has 0 saturated carbocycles. The maximum absolute atomic E-state index is 13.1. The number of hydrogen-bond donors (Lipinski definition) is 0. The van der Waals surface area contributed by atoms with E-state index in [0.717, 1.165) is 5.56 Å². The summed E-state index contributed by atoms with van der Waals surface area (Å²) < 4.78 is 49.6. The highest BCUT2D eigenvalue weighted by atomic mass is 32.2. The molecule has 0 aliphatic carbocycles. The molecule has 0 bridgehead atoms. The summed E-state index contributed by atoms with van der Waals surface area (Å²) in [5, 5.41) is 9.44. The summed E-state index contributed by atoms with van der Waals surface area (Å²) in [4.78, 5) is -0.345. The standard InChI is InChI=1S/C23H18FNO4S/c1-28-22-12-9-18(14-23(22)29-16-17-7-10-19(24)11-8-17)13-21(15-25)30(26,27)20-5-3-2-4-6-20/h2-14H,16H2,1H3/b21-13+. The summed E-state index contributed by atoms with van der Waals surface area (Å²) in [5.74, 6) is 0.468. The number of nitriles is 1. The van der Waals surface area contributed by atoms with Crippen molar-refractivity contribution in [2.24, 2.45) is 0 Å². The van der Waals surface area contributed by atoms with Gasteiger partial charge in [-0.15, -0.1) is 0 Å². The lowest BCUT2D eigenvalue weighted by molar-refractivity contribution is 0.284. The van der Waals surface area contributed by atoms with Crippen LogP contribution in [0.5, 0.6) is 11.5 Å². The van der Waals surface area contributed by atoms with Gasteiger partial charge in [-0.2, -0.15) is 5.26 Å². The molecule has 0 atom stereocenters. The highest BCUT2D eigenvalue weighted by Crippen LogP contribution is 2.30. The number of nitrogens with zero attached hydrogens (tertiary/aromatic N) is 1. The minimum atomic E-state index is -3.94. The Morgan fingerprint density at radius 1 is 1.03 bits per heavy atom. The first-order valence-corrected chi connectivity index (χ1v) is 10.4. The third-order valence-electron chi connectivity index (χ3n) is 4.25. The Morgan fingerprint density at radius 2 is 1.73 bits per heavy atom. The minimum absolute atomic E-state index is 0.0408. The van der Waals surface area contributed by atoms with Gasteiger partial charge < -0.3 is 9.47 Å².